The number of amides is 1. The predicted molar refractivity (Wildman–Crippen MR) is 81.3 cm³/mol. The van der Waals surface area contributed by atoms with Gasteiger partial charge in [0.25, 0.3) is 0 Å². The van der Waals surface area contributed by atoms with Crippen LogP contribution in [0.1, 0.15) is 59.8 Å². The minimum absolute atomic E-state index is 0.0264. The average molecular weight is 309 g/mol. The first-order chi connectivity index (χ1) is 10.3. The third-order valence-electron chi connectivity index (χ3n) is 5.40. The van der Waals surface area contributed by atoms with Crippen molar-refractivity contribution < 1.29 is 19.1 Å². The Kier molecular flexibility index (Phi) is 3.65. The van der Waals surface area contributed by atoms with Crippen LogP contribution in [0, 0.1) is 11.3 Å². The lowest BCUT2D eigenvalue weighted by Crippen LogP contribution is -2.51. The van der Waals surface area contributed by atoms with Crippen LogP contribution >= 0.6 is 0 Å². The van der Waals surface area contributed by atoms with Gasteiger partial charge in [0.05, 0.1) is 12.5 Å². The number of piperidine rings is 1. The second-order valence-electron chi connectivity index (χ2n) is 7.92. The van der Waals surface area contributed by atoms with Crippen LogP contribution in [0.4, 0.5) is 4.79 Å². The molecule has 2 bridgehead atoms. The van der Waals surface area contributed by atoms with E-state index in [4.69, 9.17) is 9.47 Å². The zero-order valence-corrected chi connectivity index (χ0v) is 14.1. The average Bonchev–Trinajstić information content (AvgIpc) is 3.02. The number of nitrogens with zero attached hydrogens (tertiary/aromatic N) is 1. The maximum atomic E-state index is 12.6. The highest BCUT2D eigenvalue weighted by Crippen LogP contribution is 2.65. The van der Waals surface area contributed by atoms with Crippen LogP contribution in [-0.2, 0) is 14.3 Å². The number of ether oxygens (including phenoxy) is 2. The van der Waals surface area contributed by atoms with E-state index in [0.717, 1.165) is 32.1 Å². The fraction of sp³-hybridized carbons (Fsp3) is 0.882. The van der Waals surface area contributed by atoms with Crippen molar-refractivity contribution in [2.24, 2.45) is 11.3 Å². The third-order valence-corrected chi connectivity index (χ3v) is 5.40. The van der Waals surface area contributed by atoms with E-state index in [-0.39, 0.29) is 35.5 Å². The highest BCUT2D eigenvalue weighted by molar-refractivity contribution is 5.78. The van der Waals surface area contributed by atoms with Crippen molar-refractivity contribution in [2.45, 2.75) is 77.5 Å². The number of hydrogen-bond acceptors (Lipinski definition) is 4. The Morgan fingerprint density at radius 3 is 2.59 bits per heavy atom. The van der Waals surface area contributed by atoms with Gasteiger partial charge in [-0.25, -0.2) is 4.79 Å². The summed E-state index contributed by atoms with van der Waals surface area (Å²) in [5, 5.41) is 0. The molecule has 2 heterocycles. The largest absolute Gasteiger partial charge is 0.466 e. The molecule has 2 saturated heterocycles. The third kappa shape index (κ3) is 2.48. The van der Waals surface area contributed by atoms with Gasteiger partial charge in [-0.15, -0.1) is 0 Å². The molecule has 0 N–H and O–H groups in total. The molecule has 4 atom stereocenters. The molecule has 0 aromatic rings. The van der Waals surface area contributed by atoms with Gasteiger partial charge < -0.3 is 14.4 Å². The van der Waals surface area contributed by atoms with E-state index in [1.165, 1.54) is 0 Å². The molecule has 22 heavy (non-hydrogen) atoms. The molecule has 5 heteroatoms. The first kappa shape index (κ1) is 15.6. The van der Waals surface area contributed by atoms with Crippen molar-refractivity contribution >= 4 is 12.1 Å². The molecule has 3 fully saturated rings. The van der Waals surface area contributed by atoms with Gasteiger partial charge in [-0.05, 0) is 59.8 Å². The van der Waals surface area contributed by atoms with Crippen LogP contribution in [0.25, 0.3) is 0 Å². The number of carbonyl (C=O) groups is 2. The molecule has 2 aliphatic heterocycles. The highest BCUT2D eigenvalue weighted by atomic mass is 16.6. The van der Waals surface area contributed by atoms with Gasteiger partial charge in [0.1, 0.15) is 5.60 Å². The van der Waals surface area contributed by atoms with Crippen molar-refractivity contribution in [3.05, 3.63) is 0 Å². The smallest absolute Gasteiger partial charge is 0.410 e. The quantitative estimate of drug-likeness (QED) is 0.735. The van der Waals surface area contributed by atoms with Gasteiger partial charge in [0, 0.05) is 17.5 Å². The van der Waals surface area contributed by atoms with Crippen molar-refractivity contribution in [2.75, 3.05) is 6.61 Å². The van der Waals surface area contributed by atoms with E-state index in [1.807, 2.05) is 32.6 Å². The van der Waals surface area contributed by atoms with Gasteiger partial charge in [-0.2, -0.15) is 0 Å². The second-order valence-corrected chi connectivity index (χ2v) is 7.92. The molecule has 4 unspecified atom stereocenters. The Balaban J connectivity index is 1.75. The zero-order valence-electron chi connectivity index (χ0n) is 14.1. The summed E-state index contributed by atoms with van der Waals surface area (Å²) in [4.78, 5) is 26.6. The summed E-state index contributed by atoms with van der Waals surface area (Å²) in [6.07, 6.45) is 4.67. The minimum atomic E-state index is -0.481. The Hall–Kier alpha value is -1.26. The lowest BCUT2D eigenvalue weighted by atomic mass is 9.85. The van der Waals surface area contributed by atoms with E-state index in [0.29, 0.717) is 6.61 Å². The summed E-state index contributed by atoms with van der Waals surface area (Å²) in [6, 6.07) is 0.435. The Morgan fingerprint density at radius 2 is 1.95 bits per heavy atom. The lowest BCUT2D eigenvalue weighted by molar-refractivity contribution is -0.146. The second kappa shape index (κ2) is 5.14. The maximum absolute atomic E-state index is 12.6. The molecule has 1 spiro atoms. The molecule has 1 aliphatic carbocycles. The van der Waals surface area contributed by atoms with Crippen molar-refractivity contribution in [1.29, 1.82) is 0 Å². The fourth-order valence-electron chi connectivity index (χ4n) is 4.45. The minimum Gasteiger partial charge on any atom is -0.466 e. The van der Waals surface area contributed by atoms with Crippen molar-refractivity contribution in [3.8, 4) is 0 Å². The Labute approximate surface area is 132 Å². The zero-order chi connectivity index (χ0) is 16.1. The number of fused-ring (bicyclic) bond motifs is 3. The lowest BCUT2D eigenvalue weighted by Gasteiger charge is -2.41. The summed E-state index contributed by atoms with van der Waals surface area (Å²) in [7, 11) is 0. The van der Waals surface area contributed by atoms with E-state index in [2.05, 4.69) is 0 Å². The van der Waals surface area contributed by atoms with Crippen molar-refractivity contribution in [1.82, 2.24) is 4.90 Å². The maximum Gasteiger partial charge on any atom is 0.410 e. The van der Waals surface area contributed by atoms with Gasteiger partial charge in [0.2, 0.25) is 0 Å². The number of rotatable bonds is 2. The molecule has 3 rings (SSSR count). The summed E-state index contributed by atoms with van der Waals surface area (Å²) in [5.74, 6) is -0.113. The van der Waals surface area contributed by atoms with Gasteiger partial charge in [-0.3, -0.25) is 4.79 Å². The summed E-state index contributed by atoms with van der Waals surface area (Å²) < 4.78 is 10.8. The van der Waals surface area contributed by atoms with Crippen LogP contribution in [0.5, 0.6) is 0 Å². The number of hydrogen-bond donors (Lipinski definition) is 0. The monoisotopic (exact) mass is 309 g/mol. The summed E-state index contributed by atoms with van der Waals surface area (Å²) >= 11 is 0. The first-order valence-corrected chi connectivity index (χ1v) is 8.46. The van der Waals surface area contributed by atoms with E-state index in [1.54, 1.807) is 0 Å². The van der Waals surface area contributed by atoms with E-state index in [9.17, 15) is 9.59 Å². The summed E-state index contributed by atoms with van der Waals surface area (Å²) in [6.45, 7) is 7.95. The van der Waals surface area contributed by atoms with E-state index >= 15 is 0 Å². The molecule has 3 aliphatic rings. The molecular formula is C17H27NO4. The van der Waals surface area contributed by atoms with Crippen molar-refractivity contribution in [3.63, 3.8) is 0 Å². The molecule has 0 aromatic carbocycles. The standard InChI is InChI=1S/C17H27NO4/c1-5-21-14(19)12-10-17(12)9-8-11-6-7-13(17)18(11)15(20)22-16(2,3)4/h11-13H,5-10H2,1-4H3. The molecule has 0 aromatic heterocycles. The van der Waals surface area contributed by atoms with Gasteiger partial charge >= 0.3 is 12.1 Å². The number of carbonyl (C=O) groups excluding carboxylic acids is 2. The molecule has 5 nitrogen and oxygen atoms in total. The first-order valence-electron chi connectivity index (χ1n) is 8.46. The predicted octanol–water partition coefficient (Wildman–Crippen LogP) is 3.12. The van der Waals surface area contributed by atoms with Crippen LogP contribution in [0.3, 0.4) is 0 Å². The summed E-state index contributed by atoms with van der Waals surface area (Å²) in [5.41, 5.74) is -0.526. The molecular weight excluding hydrogens is 282 g/mol. The topological polar surface area (TPSA) is 55.8 Å². The van der Waals surface area contributed by atoms with Crippen LogP contribution < -0.4 is 0 Å². The van der Waals surface area contributed by atoms with Crippen LogP contribution in [0.2, 0.25) is 0 Å². The number of esters is 1. The molecule has 124 valence electrons. The molecule has 1 amide bonds. The SMILES string of the molecule is CCOC(=O)C1CC12CCC1CCC2N1C(=O)OC(C)(C)C. The Morgan fingerprint density at radius 1 is 1.23 bits per heavy atom. The van der Waals surface area contributed by atoms with Crippen LogP contribution in [0.15, 0.2) is 0 Å². The van der Waals surface area contributed by atoms with Crippen LogP contribution in [-0.4, -0.2) is 41.3 Å². The van der Waals surface area contributed by atoms with Gasteiger partial charge in [-0.1, -0.05) is 0 Å². The molecule has 0 radical (unpaired) electrons. The highest BCUT2D eigenvalue weighted by Gasteiger charge is 2.68. The van der Waals surface area contributed by atoms with Gasteiger partial charge in [0.15, 0.2) is 0 Å². The van der Waals surface area contributed by atoms with E-state index < -0.39 is 5.60 Å². The molecule has 1 saturated carbocycles. The normalized spacial score (nSPS) is 36.4. The Bertz CT molecular complexity index is 484. The fourth-order valence-corrected chi connectivity index (χ4v) is 4.45.